The number of hydrogen-bond acceptors (Lipinski definition) is 0. The minimum absolute atomic E-state index is 0.741. The Kier molecular flexibility index (Phi) is 5.54. The second-order valence-electron chi connectivity index (χ2n) is 7.41. The van der Waals surface area contributed by atoms with Crippen LogP contribution in [0, 0.1) is 5.92 Å². The Hall–Kier alpha value is -1.13. The molecule has 0 aromatic heterocycles. The molecule has 0 bridgehead atoms. The van der Waals surface area contributed by atoms with E-state index in [0.29, 0.717) is 0 Å². The summed E-state index contributed by atoms with van der Waals surface area (Å²) in [7, 11) is -1.33. The molecular formula is C22H30P+. The van der Waals surface area contributed by atoms with Crippen molar-refractivity contribution in [3.05, 3.63) is 60.7 Å². The van der Waals surface area contributed by atoms with Crippen LogP contribution in [0.3, 0.4) is 0 Å². The van der Waals surface area contributed by atoms with Crippen LogP contribution in [0.2, 0.25) is 0 Å². The van der Waals surface area contributed by atoms with Crippen molar-refractivity contribution in [2.45, 2.75) is 51.6 Å². The Bertz CT molecular complexity index is 542. The van der Waals surface area contributed by atoms with Gasteiger partial charge in [-0.25, -0.2) is 0 Å². The van der Waals surface area contributed by atoms with E-state index in [1.165, 1.54) is 38.3 Å². The fourth-order valence-electron chi connectivity index (χ4n) is 4.42. The molecule has 1 heteroatoms. The molecule has 0 aliphatic heterocycles. The van der Waals surface area contributed by atoms with E-state index in [-0.39, 0.29) is 0 Å². The van der Waals surface area contributed by atoms with Gasteiger partial charge >= 0.3 is 0 Å². The van der Waals surface area contributed by atoms with Gasteiger partial charge in [0.2, 0.25) is 0 Å². The third-order valence-electron chi connectivity index (χ3n) is 5.29. The summed E-state index contributed by atoms with van der Waals surface area (Å²) in [6, 6.07) is 23.0. The fraction of sp³-hybridized carbons (Fsp3) is 0.455. The van der Waals surface area contributed by atoms with Gasteiger partial charge in [-0.2, -0.15) is 0 Å². The van der Waals surface area contributed by atoms with Crippen molar-refractivity contribution < 1.29 is 0 Å². The van der Waals surface area contributed by atoms with Gasteiger partial charge in [0.25, 0.3) is 0 Å². The molecule has 1 aliphatic carbocycles. The zero-order valence-electron chi connectivity index (χ0n) is 14.6. The van der Waals surface area contributed by atoms with Crippen LogP contribution in [-0.2, 0) is 0 Å². The molecule has 23 heavy (non-hydrogen) atoms. The SMILES string of the molecule is CC(C)C[P+](c1ccccc1)(c1ccccc1)C1CCCCC1. The van der Waals surface area contributed by atoms with Crippen LogP contribution in [0.25, 0.3) is 0 Å². The summed E-state index contributed by atoms with van der Waals surface area (Å²) < 4.78 is 0. The van der Waals surface area contributed by atoms with Crippen LogP contribution < -0.4 is 10.6 Å². The predicted octanol–water partition coefficient (Wildman–Crippen LogP) is 5.64. The summed E-state index contributed by atoms with van der Waals surface area (Å²) in [4.78, 5) is 0. The molecule has 3 rings (SSSR count). The predicted molar refractivity (Wildman–Crippen MR) is 106 cm³/mol. The zero-order valence-corrected chi connectivity index (χ0v) is 15.5. The lowest BCUT2D eigenvalue weighted by Crippen LogP contribution is -2.36. The summed E-state index contributed by atoms with van der Waals surface area (Å²) in [5, 5.41) is 3.26. The highest BCUT2D eigenvalue weighted by Crippen LogP contribution is 2.65. The average Bonchev–Trinajstić information content (AvgIpc) is 2.62. The fourth-order valence-corrected chi connectivity index (χ4v) is 10.1. The van der Waals surface area contributed by atoms with Crippen LogP contribution in [0.4, 0.5) is 0 Å². The van der Waals surface area contributed by atoms with Crippen molar-refractivity contribution in [3.63, 3.8) is 0 Å². The summed E-state index contributed by atoms with van der Waals surface area (Å²) in [6.07, 6.45) is 8.47. The van der Waals surface area contributed by atoms with Crippen molar-refractivity contribution in [1.82, 2.24) is 0 Å². The molecule has 1 saturated carbocycles. The Labute approximate surface area is 142 Å². The smallest absolute Gasteiger partial charge is 0.0620 e. The molecule has 0 N–H and O–H groups in total. The summed E-state index contributed by atoms with van der Waals surface area (Å²) in [5.41, 5.74) is 0.878. The first kappa shape index (κ1) is 16.7. The molecule has 0 radical (unpaired) electrons. The third kappa shape index (κ3) is 3.53. The number of rotatable bonds is 5. The van der Waals surface area contributed by atoms with E-state index in [2.05, 4.69) is 74.5 Å². The Morgan fingerprint density at radius 1 is 0.783 bits per heavy atom. The van der Waals surface area contributed by atoms with E-state index in [4.69, 9.17) is 0 Å². The van der Waals surface area contributed by atoms with E-state index >= 15 is 0 Å². The van der Waals surface area contributed by atoms with E-state index in [0.717, 1.165) is 11.6 Å². The molecule has 0 unspecified atom stereocenters. The van der Waals surface area contributed by atoms with Crippen LogP contribution in [0.5, 0.6) is 0 Å². The van der Waals surface area contributed by atoms with Crippen molar-refractivity contribution in [3.8, 4) is 0 Å². The van der Waals surface area contributed by atoms with Crippen molar-refractivity contribution in [1.29, 1.82) is 0 Å². The first-order chi connectivity index (χ1) is 11.2. The van der Waals surface area contributed by atoms with Crippen LogP contribution in [0.1, 0.15) is 46.0 Å². The molecule has 1 aliphatic rings. The van der Waals surface area contributed by atoms with Crippen LogP contribution >= 0.6 is 7.26 Å². The van der Waals surface area contributed by atoms with Gasteiger partial charge in [0.1, 0.15) is 0 Å². The van der Waals surface area contributed by atoms with Crippen LogP contribution in [0.15, 0.2) is 60.7 Å². The highest BCUT2D eigenvalue weighted by atomic mass is 31.2. The lowest BCUT2D eigenvalue weighted by molar-refractivity contribution is 0.508. The van der Waals surface area contributed by atoms with Gasteiger partial charge in [-0.1, -0.05) is 56.7 Å². The van der Waals surface area contributed by atoms with Crippen molar-refractivity contribution >= 4 is 17.9 Å². The second kappa shape index (κ2) is 7.63. The van der Waals surface area contributed by atoms with E-state index < -0.39 is 7.26 Å². The minimum atomic E-state index is -1.33. The van der Waals surface area contributed by atoms with Gasteiger partial charge in [0, 0.05) is 0 Å². The maximum absolute atomic E-state index is 2.41. The lowest BCUT2D eigenvalue weighted by Gasteiger charge is -2.38. The summed E-state index contributed by atoms with van der Waals surface area (Å²) in [6.45, 7) is 4.81. The maximum atomic E-state index is 2.41. The minimum Gasteiger partial charge on any atom is -0.0620 e. The molecule has 2 aromatic rings. The highest BCUT2D eigenvalue weighted by molar-refractivity contribution is 7.90. The molecule has 0 saturated heterocycles. The molecular weight excluding hydrogens is 295 g/mol. The number of hydrogen-bond donors (Lipinski definition) is 0. The molecule has 122 valence electrons. The average molecular weight is 325 g/mol. The Balaban J connectivity index is 2.16. The second-order valence-corrected chi connectivity index (χ2v) is 11.3. The van der Waals surface area contributed by atoms with Crippen molar-refractivity contribution in [2.75, 3.05) is 6.16 Å². The molecule has 0 spiro atoms. The molecule has 0 nitrogen and oxygen atoms in total. The normalized spacial score (nSPS) is 16.7. The van der Waals surface area contributed by atoms with Gasteiger partial charge in [-0.05, 0) is 55.9 Å². The van der Waals surface area contributed by atoms with E-state index in [9.17, 15) is 0 Å². The number of benzene rings is 2. The summed E-state index contributed by atoms with van der Waals surface area (Å²) in [5.74, 6) is 0.741. The first-order valence-corrected chi connectivity index (χ1v) is 11.3. The Morgan fingerprint density at radius 2 is 1.26 bits per heavy atom. The molecule has 2 aromatic carbocycles. The largest absolute Gasteiger partial charge is 0.0994 e. The van der Waals surface area contributed by atoms with Gasteiger partial charge in [0.15, 0.2) is 0 Å². The quantitative estimate of drug-likeness (QED) is 0.624. The molecule has 0 atom stereocenters. The zero-order chi connectivity index (χ0) is 16.1. The highest BCUT2D eigenvalue weighted by Gasteiger charge is 2.50. The van der Waals surface area contributed by atoms with Crippen LogP contribution in [-0.4, -0.2) is 11.8 Å². The molecule has 0 amide bonds. The van der Waals surface area contributed by atoms with E-state index in [1.54, 1.807) is 10.6 Å². The topological polar surface area (TPSA) is 0 Å². The third-order valence-corrected chi connectivity index (χ3v) is 10.8. The van der Waals surface area contributed by atoms with Gasteiger partial charge in [0.05, 0.1) is 29.7 Å². The van der Waals surface area contributed by atoms with E-state index in [1.807, 2.05) is 0 Å². The molecule has 1 fully saturated rings. The van der Waals surface area contributed by atoms with Gasteiger partial charge in [-0.15, -0.1) is 0 Å². The summed E-state index contributed by atoms with van der Waals surface area (Å²) >= 11 is 0. The Morgan fingerprint density at radius 3 is 1.70 bits per heavy atom. The van der Waals surface area contributed by atoms with Gasteiger partial charge in [-0.3, -0.25) is 0 Å². The standard InChI is InChI=1S/C22H30P/c1-19(2)18-23(20-12-6-3-7-13-20,21-14-8-4-9-15-21)22-16-10-5-11-17-22/h3-4,6-9,12-15,19,22H,5,10-11,16-18H2,1-2H3/q+1. The lowest BCUT2D eigenvalue weighted by atomic mass is 10.0. The maximum Gasteiger partial charge on any atom is 0.0994 e. The molecule has 0 heterocycles. The first-order valence-electron chi connectivity index (χ1n) is 9.22. The van der Waals surface area contributed by atoms with Crippen molar-refractivity contribution in [2.24, 2.45) is 5.92 Å². The van der Waals surface area contributed by atoms with Gasteiger partial charge < -0.3 is 0 Å². The monoisotopic (exact) mass is 325 g/mol.